The summed E-state index contributed by atoms with van der Waals surface area (Å²) < 4.78 is 5.80. The van der Waals surface area contributed by atoms with Crippen LogP contribution in [0.2, 0.25) is 0 Å². The van der Waals surface area contributed by atoms with E-state index in [4.69, 9.17) is 4.74 Å². The van der Waals surface area contributed by atoms with Crippen LogP contribution in [-0.2, 0) is 11.2 Å². The van der Waals surface area contributed by atoms with Crippen LogP contribution in [0, 0.1) is 0 Å². The molecule has 0 atom stereocenters. The molecular weight excluding hydrogens is 290 g/mol. The Morgan fingerprint density at radius 2 is 1.96 bits per heavy atom. The van der Waals surface area contributed by atoms with Crippen LogP contribution < -0.4 is 4.74 Å². The van der Waals surface area contributed by atoms with Crippen LogP contribution >= 0.6 is 0 Å². The van der Waals surface area contributed by atoms with Crippen LogP contribution in [0.4, 0.5) is 0 Å². The average Bonchev–Trinajstić information content (AvgIpc) is 2.62. The van der Waals surface area contributed by atoms with E-state index in [1.54, 1.807) is 18.6 Å². The first-order valence-electron chi connectivity index (χ1n) is 8.05. The number of rotatable bonds is 5. The third kappa shape index (κ3) is 4.52. The van der Waals surface area contributed by atoms with Gasteiger partial charge in [-0.15, -0.1) is 0 Å². The zero-order valence-electron chi connectivity index (χ0n) is 13.1. The number of nitrogens with zero attached hydrogens (tertiary/aromatic N) is 3. The molecule has 0 radical (unpaired) electrons. The van der Waals surface area contributed by atoms with E-state index < -0.39 is 0 Å². The van der Waals surface area contributed by atoms with E-state index in [0.29, 0.717) is 12.3 Å². The number of hydrogen-bond donors (Lipinski definition) is 0. The molecule has 3 rings (SSSR count). The molecule has 1 aromatic carbocycles. The highest BCUT2D eigenvalue weighted by Crippen LogP contribution is 2.17. The fourth-order valence-electron chi connectivity index (χ4n) is 2.79. The first kappa shape index (κ1) is 15.5. The van der Waals surface area contributed by atoms with Crippen molar-refractivity contribution >= 4 is 5.91 Å². The van der Waals surface area contributed by atoms with Gasteiger partial charge in [0.1, 0.15) is 6.10 Å². The summed E-state index contributed by atoms with van der Waals surface area (Å²) in [6, 6.07) is 10.1. The maximum atomic E-state index is 12.3. The van der Waals surface area contributed by atoms with Crippen molar-refractivity contribution in [3.63, 3.8) is 0 Å². The number of carbonyl (C=O) groups is 1. The van der Waals surface area contributed by atoms with Crippen molar-refractivity contribution in [3.8, 4) is 5.88 Å². The summed E-state index contributed by atoms with van der Waals surface area (Å²) in [7, 11) is 0. The van der Waals surface area contributed by atoms with Crippen molar-refractivity contribution in [1.82, 2.24) is 14.9 Å². The lowest BCUT2D eigenvalue weighted by Gasteiger charge is -2.32. The van der Waals surface area contributed by atoms with Crippen molar-refractivity contribution in [3.05, 3.63) is 54.5 Å². The molecule has 120 valence electrons. The highest BCUT2D eigenvalue weighted by Gasteiger charge is 2.23. The summed E-state index contributed by atoms with van der Waals surface area (Å²) in [4.78, 5) is 22.4. The minimum absolute atomic E-state index is 0.116. The lowest BCUT2D eigenvalue weighted by Crippen LogP contribution is -2.41. The second kappa shape index (κ2) is 7.72. The van der Waals surface area contributed by atoms with Gasteiger partial charge in [0.15, 0.2) is 0 Å². The Labute approximate surface area is 136 Å². The van der Waals surface area contributed by atoms with Crippen molar-refractivity contribution in [2.45, 2.75) is 31.8 Å². The minimum Gasteiger partial charge on any atom is -0.473 e. The van der Waals surface area contributed by atoms with Gasteiger partial charge in [0, 0.05) is 44.7 Å². The molecule has 23 heavy (non-hydrogen) atoms. The standard InChI is InChI=1S/C18H21N3O2/c22-18(7-6-15-4-2-1-3-5-15)21-12-8-16(9-13-21)23-17-14-19-10-11-20-17/h1-5,10-11,14,16H,6-9,12-13H2. The molecule has 5 nitrogen and oxygen atoms in total. The maximum Gasteiger partial charge on any atom is 0.232 e. The molecule has 1 aliphatic rings. The Morgan fingerprint density at radius 1 is 1.17 bits per heavy atom. The number of aryl methyl sites for hydroxylation is 1. The van der Waals surface area contributed by atoms with Crippen molar-refractivity contribution in [2.75, 3.05) is 13.1 Å². The molecule has 1 amide bonds. The Bertz CT molecular complexity index is 611. The highest BCUT2D eigenvalue weighted by atomic mass is 16.5. The van der Waals surface area contributed by atoms with Gasteiger partial charge in [-0.2, -0.15) is 0 Å². The van der Waals surface area contributed by atoms with Gasteiger partial charge in [0.2, 0.25) is 11.8 Å². The summed E-state index contributed by atoms with van der Waals surface area (Å²) in [6.07, 6.45) is 8.04. The number of likely N-dealkylation sites (tertiary alicyclic amines) is 1. The topological polar surface area (TPSA) is 55.3 Å². The van der Waals surface area contributed by atoms with Crippen molar-refractivity contribution in [1.29, 1.82) is 0 Å². The summed E-state index contributed by atoms with van der Waals surface area (Å²) in [5.74, 6) is 0.785. The highest BCUT2D eigenvalue weighted by molar-refractivity contribution is 5.76. The van der Waals surface area contributed by atoms with Gasteiger partial charge >= 0.3 is 0 Å². The number of ether oxygens (including phenoxy) is 1. The van der Waals surface area contributed by atoms with E-state index in [1.807, 2.05) is 23.1 Å². The first-order valence-corrected chi connectivity index (χ1v) is 8.05. The average molecular weight is 311 g/mol. The number of aromatic nitrogens is 2. The minimum atomic E-state index is 0.116. The van der Waals surface area contributed by atoms with Gasteiger partial charge in [0.05, 0.1) is 6.20 Å². The zero-order chi connectivity index (χ0) is 15.9. The number of hydrogen-bond acceptors (Lipinski definition) is 4. The molecule has 2 heterocycles. The summed E-state index contributed by atoms with van der Waals surface area (Å²) >= 11 is 0. The Hall–Kier alpha value is -2.43. The van der Waals surface area contributed by atoms with Crippen LogP contribution in [0.3, 0.4) is 0 Å². The summed E-state index contributed by atoms with van der Waals surface area (Å²) in [5.41, 5.74) is 1.21. The smallest absolute Gasteiger partial charge is 0.232 e. The Balaban J connectivity index is 1.42. The van der Waals surface area contributed by atoms with E-state index in [9.17, 15) is 4.79 Å². The van der Waals surface area contributed by atoms with E-state index in [0.717, 1.165) is 32.4 Å². The Kier molecular flexibility index (Phi) is 5.19. The molecule has 1 saturated heterocycles. The molecule has 0 saturated carbocycles. The number of piperidine rings is 1. The maximum absolute atomic E-state index is 12.3. The van der Waals surface area contributed by atoms with Gasteiger partial charge in [-0.3, -0.25) is 9.78 Å². The molecule has 5 heteroatoms. The number of benzene rings is 1. The monoisotopic (exact) mass is 311 g/mol. The van der Waals surface area contributed by atoms with Crippen LogP contribution in [0.15, 0.2) is 48.9 Å². The fraction of sp³-hybridized carbons (Fsp3) is 0.389. The number of carbonyl (C=O) groups excluding carboxylic acids is 1. The molecule has 0 N–H and O–H groups in total. The second-order valence-electron chi connectivity index (χ2n) is 5.73. The van der Waals surface area contributed by atoms with Crippen LogP contribution in [-0.4, -0.2) is 40.0 Å². The van der Waals surface area contributed by atoms with Crippen LogP contribution in [0.25, 0.3) is 0 Å². The lowest BCUT2D eigenvalue weighted by atomic mass is 10.1. The predicted molar refractivity (Wildman–Crippen MR) is 87.0 cm³/mol. The molecule has 0 aliphatic carbocycles. The van der Waals surface area contributed by atoms with E-state index >= 15 is 0 Å². The van der Waals surface area contributed by atoms with Gasteiger partial charge in [-0.1, -0.05) is 30.3 Å². The van der Waals surface area contributed by atoms with Gasteiger partial charge in [-0.05, 0) is 12.0 Å². The molecule has 1 fully saturated rings. The van der Waals surface area contributed by atoms with E-state index in [-0.39, 0.29) is 12.0 Å². The summed E-state index contributed by atoms with van der Waals surface area (Å²) in [5, 5.41) is 0. The quantitative estimate of drug-likeness (QED) is 0.851. The van der Waals surface area contributed by atoms with Crippen molar-refractivity contribution in [2.24, 2.45) is 0 Å². The largest absolute Gasteiger partial charge is 0.473 e. The Morgan fingerprint density at radius 3 is 2.65 bits per heavy atom. The van der Waals surface area contributed by atoms with Crippen LogP contribution in [0.5, 0.6) is 5.88 Å². The fourth-order valence-corrected chi connectivity index (χ4v) is 2.79. The normalized spacial score (nSPS) is 15.4. The predicted octanol–water partition coefficient (Wildman–Crippen LogP) is 2.48. The lowest BCUT2D eigenvalue weighted by molar-refractivity contribution is -0.132. The molecule has 2 aromatic rings. The third-order valence-corrected chi connectivity index (χ3v) is 4.09. The zero-order valence-corrected chi connectivity index (χ0v) is 13.1. The van der Waals surface area contributed by atoms with Gasteiger partial charge in [-0.25, -0.2) is 4.98 Å². The SMILES string of the molecule is O=C(CCc1ccccc1)N1CCC(Oc2cnccn2)CC1. The molecular formula is C18H21N3O2. The number of amides is 1. The van der Waals surface area contributed by atoms with Crippen LogP contribution in [0.1, 0.15) is 24.8 Å². The molecule has 1 aliphatic heterocycles. The molecule has 1 aromatic heterocycles. The van der Waals surface area contributed by atoms with Gasteiger partial charge in [0.25, 0.3) is 0 Å². The van der Waals surface area contributed by atoms with E-state index in [2.05, 4.69) is 22.1 Å². The van der Waals surface area contributed by atoms with Crippen molar-refractivity contribution < 1.29 is 9.53 Å². The summed E-state index contributed by atoms with van der Waals surface area (Å²) in [6.45, 7) is 1.50. The molecule has 0 spiro atoms. The van der Waals surface area contributed by atoms with Gasteiger partial charge < -0.3 is 9.64 Å². The third-order valence-electron chi connectivity index (χ3n) is 4.09. The molecule has 0 unspecified atom stereocenters. The second-order valence-corrected chi connectivity index (χ2v) is 5.73. The molecule has 0 bridgehead atoms. The first-order chi connectivity index (χ1) is 11.3. The van der Waals surface area contributed by atoms with E-state index in [1.165, 1.54) is 5.56 Å².